The predicted molar refractivity (Wildman–Crippen MR) is 115 cm³/mol. The number of methoxy groups -OCH3 is 1. The summed E-state index contributed by atoms with van der Waals surface area (Å²) in [5, 5.41) is 5.95. The van der Waals surface area contributed by atoms with Crippen molar-refractivity contribution in [3.8, 4) is 11.5 Å². The Hall–Kier alpha value is -3.02. The van der Waals surface area contributed by atoms with Crippen molar-refractivity contribution < 1.29 is 19.1 Å². The highest BCUT2D eigenvalue weighted by atomic mass is 16.5. The standard InChI is InChI=1S/C24H28N2O4/c1-16-22(27)26-20-8-6-7-19(21(20)30-16)23(28)25-15-24(13-4-3-5-14-24)17-9-11-18(29-2)12-10-17/h6-12,16H,3-5,13-15H2,1-2H3,(H,25,28)(H,26,27)/t16-/m1/s1. The molecule has 0 unspecified atom stereocenters. The topological polar surface area (TPSA) is 76.7 Å². The van der Waals surface area contributed by atoms with Crippen LogP contribution in [0.4, 0.5) is 5.69 Å². The van der Waals surface area contributed by atoms with E-state index in [2.05, 4.69) is 22.8 Å². The molecule has 1 aliphatic heterocycles. The van der Waals surface area contributed by atoms with Gasteiger partial charge in [0.2, 0.25) is 0 Å². The number of rotatable bonds is 5. The molecule has 4 rings (SSSR count). The van der Waals surface area contributed by atoms with Gasteiger partial charge in [-0.15, -0.1) is 0 Å². The lowest BCUT2D eigenvalue weighted by molar-refractivity contribution is -0.122. The van der Waals surface area contributed by atoms with E-state index < -0.39 is 6.10 Å². The Morgan fingerprint density at radius 3 is 2.60 bits per heavy atom. The minimum atomic E-state index is -0.629. The summed E-state index contributed by atoms with van der Waals surface area (Å²) < 4.78 is 11.0. The summed E-state index contributed by atoms with van der Waals surface area (Å²) in [6.07, 6.45) is 4.97. The SMILES string of the molecule is COc1ccc(C2(CNC(=O)c3cccc4c3O[C@H](C)C(=O)N4)CCCCC2)cc1. The predicted octanol–water partition coefficient (Wildman–Crippen LogP) is 4.05. The number of nitrogens with one attached hydrogen (secondary N) is 2. The van der Waals surface area contributed by atoms with E-state index in [1.54, 1.807) is 32.2 Å². The number of ether oxygens (including phenoxy) is 2. The molecule has 1 aliphatic carbocycles. The molecule has 1 fully saturated rings. The molecule has 0 radical (unpaired) electrons. The maximum absolute atomic E-state index is 13.1. The molecule has 158 valence electrons. The van der Waals surface area contributed by atoms with E-state index in [0.29, 0.717) is 23.5 Å². The molecule has 6 nitrogen and oxygen atoms in total. The van der Waals surface area contributed by atoms with Crippen molar-refractivity contribution in [1.29, 1.82) is 0 Å². The monoisotopic (exact) mass is 408 g/mol. The minimum absolute atomic E-state index is 0.0859. The molecule has 1 heterocycles. The average molecular weight is 408 g/mol. The molecule has 2 aliphatic rings. The van der Waals surface area contributed by atoms with Crippen LogP contribution in [0.1, 0.15) is 54.9 Å². The molecule has 0 aromatic heterocycles. The molecule has 0 spiro atoms. The number of anilines is 1. The van der Waals surface area contributed by atoms with Crippen LogP contribution in [0.2, 0.25) is 0 Å². The van der Waals surface area contributed by atoms with Crippen LogP contribution in [0.3, 0.4) is 0 Å². The van der Waals surface area contributed by atoms with Crippen LogP contribution in [-0.4, -0.2) is 31.6 Å². The van der Waals surface area contributed by atoms with E-state index >= 15 is 0 Å². The van der Waals surface area contributed by atoms with Crippen LogP contribution in [0.15, 0.2) is 42.5 Å². The summed E-state index contributed by atoms with van der Waals surface area (Å²) in [6.45, 7) is 2.23. The number of fused-ring (bicyclic) bond motifs is 1. The van der Waals surface area contributed by atoms with Gasteiger partial charge >= 0.3 is 0 Å². The Morgan fingerprint density at radius 1 is 1.17 bits per heavy atom. The van der Waals surface area contributed by atoms with Crippen LogP contribution < -0.4 is 20.1 Å². The highest BCUT2D eigenvalue weighted by Crippen LogP contribution is 2.40. The largest absolute Gasteiger partial charge is 0.497 e. The molecule has 6 heteroatoms. The first-order valence-electron chi connectivity index (χ1n) is 10.6. The fraction of sp³-hybridized carbons (Fsp3) is 0.417. The van der Waals surface area contributed by atoms with Crippen molar-refractivity contribution in [3.63, 3.8) is 0 Å². The van der Waals surface area contributed by atoms with E-state index in [-0.39, 0.29) is 17.2 Å². The molecule has 2 aromatic rings. The third-order valence-electron chi connectivity index (χ3n) is 6.28. The van der Waals surface area contributed by atoms with Gasteiger partial charge in [-0.3, -0.25) is 9.59 Å². The van der Waals surface area contributed by atoms with Gasteiger partial charge in [0.1, 0.15) is 5.75 Å². The molecule has 1 saturated carbocycles. The zero-order valence-electron chi connectivity index (χ0n) is 17.5. The van der Waals surface area contributed by atoms with Crippen molar-refractivity contribution in [2.45, 2.75) is 50.5 Å². The Morgan fingerprint density at radius 2 is 1.90 bits per heavy atom. The lowest BCUT2D eigenvalue weighted by atomic mass is 9.69. The van der Waals surface area contributed by atoms with Gasteiger partial charge in [0.25, 0.3) is 11.8 Å². The van der Waals surface area contributed by atoms with E-state index in [0.717, 1.165) is 31.4 Å². The number of hydrogen-bond donors (Lipinski definition) is 2. The number of hydrogen-bond acceptors (Lipinski definition) is 4. The molecule has 2 amide bonds. The minimum Gasteiger partial charge on any atom is -0.497 e. The van der Waals surface area contributed by atoms with Gasteiger partial charge in [-0.05, 0) is 49.6 Å². The fourth-order valence-corrected chi connectivity index (χ4v) is 4.49. The molecule has 0 bridgehead atoms. The lowest BCUT2D eigenvalue weighted by Crippen LogP contribution is -2.42. The summed E-state index contributed by atoms with van der Waals surface area (Å²) in [7, 11) is 1.66. The zero-order chi connectivity index (χ0) is 21.1. The second-order valence-electron chi connectivity index (χ2n) is 8.18. The second-order valence-corrected chi connectivity index (χ2v) is 8.18. The van der Waals surface area contributed by atoms with Gasteiger partial charge in [-0.1, -0.05) is 37.5 Å². The van der Waals surface area contributed by atoms with Crippen molar-refractivity contribution in [3.05, 3.63) is 53.6 Å². The number of amides is 2. The Balaban J connectivity index is 1.55. The molecule has 2 aromatic carbocycles. The number of carbonyl (C=O) groups excluding carboxylic acids is 2. The summed E-state index contributed by atoms with van der Waals surface area (Å²) in [4.78, 5) is 25.0. The van der Waals surface area contributed by atoms with Gasteiger partial charge in [-0.2, -0.15) is 0 Å². The van der Waals surface area contributed by atoms with Crippen LogP contribution >= 0.6 is 0 Å². The van der Waals surface area contributed by atoms with Crippen LogP contribution in [0.25, 0.3) is 0 Å². The van der Waals surface area contributed by atoms with Crippen molar-refractivity contribution in [2.24, 2.45) is 0 Å². The first-order chi connectivity index (χ1) is 14.5. The van der Waals surface area contributed by atoms with Gasteiger partial charge < -0.3 is 20.1 Å². The smallest absolute Gasteiger partial charge is 0.265 e. The maximum Gasteiger partial charge on any atom is 0.265 e. The summed E-state index contributed by atoms with van der Waals surface area (Å²) in [5.41, 5.74) is 2.13. The fourth-order valence-electron chi connectivity index (χ4n) is 4.49. The maximum atomic E-state index is 13.1. The average Bonchev–Trinajstić information content (AvgIpc) is 2.78. The van der Waals surface area contributed by atoms with E-state index in [9.17, 15) is 9.59 Å². The van der Waals surface area contributed by atoms with E-state index in [1.807, 2.05) is 12.1 Å². The van der Waals surface area contributed by atoms with Gasteiger partial charge in [0.05, 0.1) is 18.4 Å². The van der Waals surface area contributed by atoms with Crippen molar-refractivity contribution in [1.82, 2.24) is 5.32 Å². The lowest BCUT2D eigenvalue weighted by Gasteiger charge is -2.38. The highest BCUT2D eigenvalue weighted by molar-refractivity contribution is 6.04. The Labute approximate surface area is 177 Å². The first-order valence-corrected chi connectivity index (χ1v) is 10.6. The summed E-state index contributed by atoms with van der Waals surface area (Å²) in [6, 6.07) is 13.4. The second kappa shape index (κ2) is 8.38. The van der Waals surface area contributed by atoms with Gasteiger partial charge in [0, 0.05) is 12.0 Å². The van der Waals surface area contributed by atoms with Gasteiger partial charge in [0.15, 0.2) is 11.9 Å². The van der Waals surface area contributed by atoms with E-state index in [1.165, 1.54) is 12.0 Å². The number of carbonyl (C=O) groups is 2. The molecular formula is C24H28N2O4. The quantitative estimate of drug-likeness (QED) is 0.783. The molecule has 1 atom stereocenters. The zero-order valence-corrected chi connectivity index (χ0v) is 17.5. The Kier molecular flexibility index (Phi) is 5.66. The third kappa shape index (κ3) is 3.86. The first kappa shape index (κ1) is 20.3. The van der Waals surface area contributed by atoms with Crippen molar-refractivity contribution >= 4 is 17.5 Å². The van der Waals surface area contributed by atoms with Crippen LogP contribution in [0.5, 0.6) is 11.5 Å². The summed E-state index contributed by atoms with van der Waals surface area (Å²) in [5.74, 6) is 0.872. The van der Waals surface area contributed by atoms with E-state index in [4.69, 9.17) is 9.47 Å². The third-order valence-corrected chi connectivity index (χ3v) is 6.28. The number of benzene rings is 2. The molecule has 0 saturated heterocycles. The molecular weight excluding hydrogens is 380 g/mol. The Bertz CT molecular complexity index is 933. The van der Waals surface area contributed by atoms with Crippen LogP contribution in [-0.2, 0) is 10.2 Å². The normalized spacial score (nSPS) is 19.8. The molecule has 2 N–H and O–H groups in total. The molecule has 30 heavy (non-hydrogen) atoms. The number of para-hydroxylation sites is 1. The highest BCUT2D eigenvalue weighted by Gasteiger charge is 2.35. The van der Waals surface area contributed by atoms with Gasteiger partial charge in [-0.25, -0.2) is 0 Å². The summed E-state index contributed by atoms with van der Waals surface area (Å²) >= 11 is 0. The van der Waals surface area contributed by atoms with Crippen molar-refractivity contribution in [2.75, 3.05) is 19.0 Å². The van der Waals surface area contributed by atoms with Crippen LogP contribution in [0, 0.1) is 0 Å².